The maximum absolute atomic E-state index is 12.5. The van der Waals surface area contributed by atoms with Crippen molar-refractivity contribution >= 4 is 17.7 Å². The summed E-state index contributed by atoms with van der Waals surface area (Å²) < 4.78 is 5.72. The van der Waals surface area contributed by atoms with Crippen molar-refractivity contribution < 1.29 is 9.53 Å². The van der Waals surface area contributed by atoms with Gasteiger partial charge < -0.3 is 9.64 Å². The summed E-state index contributed by atoms with van der Waals surface area (Å²) >= 11 is 1.57. The number of ether oxygens (including phenoxy) is 1. The Hall–Kier alpha value is -2.80. The Labute approximate surface area is 163 Å². The van der Waals surface area contributed by atoms with Crippen molar-refractivity contribution in [1.82, 2.24) is 20.1 Å². The number of H-pyrrole nitrogens is 1. The Bertz CT molecular complexity index is 866. The van der Waals surface area contributed by atoms with Crippen molar-refractivity contribution in [3.63, 3.8) is 0 Å². The standard InChI is InChI=1S/C20H22N4O2S/c1-15-4-3-5-18(12-15)26-11-10-24(2)19(25)17-8-6-16(7-9-17)13-27-20-21-14-22-23-20/h3-9,12,14H,10-11,13H2,1-2H3,(H,21,22,23). The number of aryl methyl sites for hydroxylation is 1. The average Bonchev–Trinajstić information content (AvgIpc) is 3.20. The van der Waals surface area contributed by atoms with Gasteiger partial charge in [-0.25, -0.2) is 4.98 Å². The van der Waals surface area contributed by atoms with Gasteiger partial charge in [-0.3, -0.25) is 9.89 Å². The number of thioether (sulfide) groups is 1. The summed E-state index contributed by atoms with van der Waals surface area (Å²) in [6.45, 7) is 3.00. The second-order valence-electron chi connectivity index (χ2n) is 6.17. The van der Waals surface area contributed by atoms with E-state index in [1.54, 1.807) is 23.7 Å². The number of benzene rings is 2. The van der Waals surface area contributed by atoms with Gasteiger partial charge in [0, 0.05) is 18.4 Å². The summed E-state index contributed by atoms with van der Waals surface area (Å²) in [5, 5.41) is 7.42. The molecule has 3 aromatic rings. The zero-order valence-electron chi connectivity index (χ0n) is 15.4. The molecule has 0 unspecified atom stereocenters. The van der Waals surface area contributed by atoms with Gasteiger partial charge in [0.1, 0.15) is 18.7 Å². The zero-order chi connectivity index (χ0) is 19.1. The molecule has 0 saturated carbocycles. The third-order valence-corrected chi connectivity index (χ3v) is 4.95. The van der Waals surface area contributed by atoms with Crippen LogP contribution in [0.3, 0.4) is 0 Å². The van der Waals surface area contributed by atoms with Gasteiger partial charge in [-0.15, -0.1) is 0 Å². The Balaban J connectivity index is 1.47. The minimum atomic E-state index is -0.0164. The number of rotatable bonds is 8. The molecule has 0 fully saturated rings. The largest absolute Gasteiger partial charge is 0.492 e. The number of carbonyl (C=O) groups is 1. The van der Waals surface area contributed by atoms with Crippen molar-refractivity contribution in [2.24, 2.45) is 0 Å². The summed E-state index contributed by atoms with van der Waals surface area (Å²) in [7, 11) is 1.79. The fourth-order valence-electron chi connectivity index (χ4n) is 2.49. The number of hydrogen-bond acceptors (Lipinski definition) is 5. The third-order valence-electron chi connectivity index (χ3n) is 4.00. The van der Waals surface area contributed by atoms with E-state index in [1.807, 2.05) is 55.5 Å². The third kappa shape index (κ3) is 5.59. The fourth-order valence-corrected chi connectivity index (χ4v) is 3.22. The first-order chi connectivity index (χ1) is 13.1. The van der Waals surface area contributed by atoms with E-state index < -0.39 is 0 Å². The van der Waals surface area contributed by atoms with Crippen molar-refractivity contribution in [2.75, 3.05) is 20.2 Å². The van der Waals surface area contributed by atoms with Crippen LogP contribution in [0.5, 0.6) is 5.75 Å². The summed E-state index contributed by atoms with van der Waals surface area (Å²) in [5.41, 5.74) is 2.94. The maximum Gasteiger partial charge on any atom is 0.253 e. The number of likely N-dealkylation sites (N-methyl/N-ethyl adjacent to an activating group) is 1. The Kier molecular flexibility index (Phi) is 6.49. The van der Waals surface area contributed by atoms with Crippen LogP contribution in [0, 0.1) is 6.92 Å². The van der Waals surface area contributed by atoms with E-state index in [9.17, 15) is 4.79 Å². The minimum Gasteiger partial charge on any atom is -0.492 e. The van der Waals surface area contributed by atoms with Crippen molar-refractivity contribution in [3.8, 4) is 5.75 Å². The van der Waals surface area contributed by atoms with Crippen LogP contribution < -0.4 is 4.74 Å². The number of aromatic amines is 1. The summed E-state index contributed by atoms with van der Waals surface area (Å²) in [6.07, 6.45) is 1.49. The summed E-state index contributed by atoms with van der Waals surface area (Å²) in [6, 6.07) is 15.5. The zero-order valence-corrected chi connectivity index (χ0v) is 16.2. The molecule has 27 heavy (non-hydrogen) atoms. The molecule has 0 aliphatic rings. The molecule has 1 aromatic heterocycles. The van der Waals surface area contributed by atoms with Crippen LogP contribution in [0.4, 0.5) is 0 Å². The highest BCUT2D eigenvalue weighted by molar-refractivity contribution is 7.98. The molecular weight excluding hydrogens is 360 g/mol. The van der Waals surface area contributed by atoms with Crippen LogP contribution in [0.15, 0.2) is 60.0 Å². The van der Waals surface area contributed by atoms with Crippen LogP contribution >= 0.6 is 11.8 Å². The predicted octanol–water partition coefficient (Wildman–Crippen LogP) is 3.56. The van der Waals surface area contributed by atoms with Crippen LogP contribution in [0.1, 0.15) is 21.5 Å². The second kappa shape index (κ2) is 9.23. The van der Waals surface area contributed by atoms with E-state index in [1.165, 1.54) is 6.33 Å². The predicted molar refractivity (Wildman–Crippen MR) is 106 cm³/mol. The topological polar surface area (TPSA) is 71.1 Å². The summed E-state index contributed by atoms with van der Waals surface area (Å²) in [4.78, 5) is 18.3. The Morgan fingerprint density at radius 3 is 2.74 bits per heavy atom. The molecule has 0 aliphatic heterocycles. The number of nitrogens with zero attached hydrogens (tertiary/aromatic N) is 3. The monoisotopic (exact) mass is 382 g/mol. The van der Waals surface area contributed by atoms with Crippen LogP contribution in [-0.4, -0.2) is 46.2 Å². The Morgan fingerprint density at radius 2 is 2.04 bits per heavy atom. The molecule has 2 aromatic carbocycles. The van der Waals surface area contributed by atoms with Gasteiger partial charge in [0.25, 0.3) is 5.91 Å². The first-order valence-electron chi connectivity index (χ1n) is 8.64. The number of amides is 1. The highest BCUT2D eigenvalue weighted by atomic mass is 32.2. The highest BCUT2D eigenvalue weighted by Gasteiger charge is 2.11. The molecular formula is C20H22N4O2S. The van der Waals surface area contributed by atoms with Crippen LogP contribution in [-0.2, 0) is 5.75 Å². The second-order valence-corrected chi connectivity index (χ2v) is 7.13. The van der Waals surface area contributed by atoms with Gasteiger partial charge in [0.05, 0.1) is 6.54 Å². The minimum absolute atomic E-state index is 0.0164. The normalized spacial score (nSPS) is 10.6. The smallest absolute Gasteiger partial charge is 0.253 e. The lowest BCUT2D eigenvalue weighted by Gasteiger charge is -2.18. The number of hydrogen-bond donors (Lipinski definition) is 1. The number of carbonyl (C=O) groups excluding carboxylic acids is 1. The lowest BCUT2D eigenvalue weighted by atomic mass is 10.1. The lowest BCUT2D eigenvalue weighted by molar-refractivity contribution is 0.0773. The highest BCUT2D eigenvalue weighted by Crippen LogP contribution is 2.19. The fraction of sp³-hybridized carbons (Fsp3) is 0.250. The molecule has 3 rings (SSSR count). The first-order valence-corrected chi connectivity index (χ1v) is 9.62. The molecule has 6 nitrogen and oxygen atoms in total. The molecule has 1 heterocycles. The van der Waals surface area contributed by atoms with Crippen molar-refractivity contribution in [1.29, 1.82) is 0 Å². The molecule has 7 heteroatoms. The van der Waals surface area contributed by atoms with Gasteiger partial charge in [-0.05, 0) is 42.3 Å². The molecule has 0 bridgehead atoms. The molecule has 0 radical (unpaired) electrons. The molecule has 140 valence electrons. The lowest BCUT2D eigenvalue weighted by Crippen LogP contribution is -2.30. The van der Waals surface area contributed by atoms with E-state index in [4.69, 9.17) is 4.74 Å². The van der Waals surface area contributed by atoms with E-state index in [-0.39, 0.29) is 5.91 Å². The van der Waals surface area contributed by atoms with Gasteiger partial charge in [0.15, 0.2) is 5.16 Å². The van der Waals surface area contributed by atoms with Gasteiger partial charge in [-0.2, -0.15) is 5.10 Å². The van der Waals surface area contributed by atoms with Crippen LogP contribution in [0.25, 0.3) is 0 Å². The van der Waals surface area contributed by atoms with Crippen molar-refractivity contribution in [2.45, 2.75) is 17.8 Å². The molecule has 1 amide bonds. The average molecular weight is 382 g/mol. The molecule has 0 aliphatic carbocycles. The maximum atomic E-state index is 12.5. The molecule has 0 saturated heterocycles. The number of aromatic nitrogens is 3. The molecule has 0 spiro atoms. The van der Waals surface area contributed by atoms with E-state index in [0.29, 0.717) is 18.7 Å². The van der Waals surface area contributed by atoms with Crippen LogP contribution in [0.2, 0.25) is 0 Å². The van der Waals surface area contributed by atoms with E-state index in [0.717, 1.165) is 27.8 Å². The van der Waals surface area contributed by atoms with Gasteiger partial charge >= 0.3 is 0 Å². The van der Waals surface area contributed by atoms with E-state index >= 15 is 0 Å². The molecule has 1 N–H and O–H groups in total. The molecule has 0 atom stereocenters. The number of nitrogens with one attached hydrogen (secondary N) is 1. The summed E-state index contributed by atoms with van der Waals surface area (Å²) in [5.74, 6) is 1.57. The van der Waals surface area contributed by atoms with Gasteiger partial charge in [-0.1, -0.05) is 36.0 Å². The Morgan fingerprint density at radius 1 is 1.22 bits per heavy atom. The SMILES string of the molecule is Cc1cccc(OCCN(C)C(=O)c2ccc(CSc3ncn[nH]3)cc2)c1. The van der Waals surface area contributed by atoms with Crippen molar-refractivity contribution in [3.05, 3.63) is 71.5 Å². The van der Waals surface area contributed by atoms with E-state index in [2.05, 4.69) is 15.2 Å². The quantitative estimate of drug-likeness (QED) is 0.603. The first kappa shape index (κ1) is 19.0. The van der Waals surface area contributed by atoms with Gasteiger partial charge in [0.2, 0.25) is 0 Å².